The summed E-state index contributed by atoms with van der Waals surface area (Å²) >= 11 is 0. The predicted molar refractivity (Wildman–Crippen MR) is 70.9 cm³/mol. The molecule has 0 radical (unpaired) electrons. The number of methoxy groups -OCH3 is 1. The fourth-order valence-corrected chi connectivity index (χ4v) is 1.47. The van der Waals surface area contributed by atoms with Gasteiger partial charge < -0.3 is 15.4 Å². The minimum Gasteiger partial charge on any atom is -0.369 e. The quantitative estimate of drug-likeness (QED) is 0.604. The summed E-state index contributed by atoms with van der Waals surface area (Å²) in [5.41, 5.74) is 0.990. The molecule has 0 bridgehead atoms. The maximum absolute atomic E-state index is 11.9. The number of hydrogen-bond donors (Lipinski definition) is 3. The molecule has 0 aliphatic carbocycles. The summed E-state index contributed by atoms with van der Waals surface area (Å²) in [5, 5.41) is 8.02. The summed E-state index contributed by atoms with van der Waals surface area (Å²) in [7, 11) is 1.50. The molecule has 104 valence electrons. The molecule has 0 aliphatic heterocycles. The van der Waals surface area contributed by atoms with E-state index in [1.807, 2.05) is 30.3 Å². The minimum atomic E-state index is -0.804. The molecule has 0 unspecified atom stereocenters. The summed E-state index contributed by atoms with van der Waals surface area (Å²) in [4.78, 5) is 22.9. The Labute approximate surface area is 112 Å². The van der Waals surface area contributed by atoms with Gasteiger partial charge in [0.15, 0.2) is 6.17 Å². The van der Waals surface area contributed by atoms with Crippen LogP contribution in [0, 0.1) is 0 Å². The van der Waals surface area contributed by atoms with Crippen molar-refractivity contribution in [3.8, 4) is 0 Å². The van der Waals surface area contributed by atoms with Gasteiger partial charge in [0.1, 0.15) is 0 Å². The molecule has 0 fully saturated rings. The number of carbonyl (C=O) groups excluding carboxylic acids is 2. The van der Waals surface area contributed by atoms with Gasteiger partial charge in [0.2, 0.25) is 5.91 Å². The van der Waals surface area contributed by atoms with Crippen LogP contribution in [0.2, 0.25) is 0 Å². The number of ether oxygens (including phenoxy) is 1. The zero-order valence-corrected chi connectivity index (χ0v) is 11.1. The molecule has 6 heteroatoms. The van der Waals surface area contributed by atoms with Crippen LogP contribution in [0.25, 0.3) is 0 Å². The number of nitrogens with one attached hydrogen (secondary N) is 3. The Morgan fingerprint density at radius 2 is 1.95 bits per heavy atom. The number of hydrogen-bond acceptors (Lipinski definition) is 4. The molecular formula is C13H19N3O3. The van der Waals surface area contributed by atoms with E-state index >= 15 is 0 Å². The Balaban J connectivity index is 2.48. The largest absolute Gasteiger partial charge is 0.369 e. The van der Waals surface area contributed by atoms with Crippen LogP contribution in [0.1, 0.15) is 12.5 Å². The van der Waals surface area contributed by atoms with Crippen LogP contribution < -0.4 is 16.0 Å². The van der Waals surface area contributed by atoms with Gasteiger partial charge in [-0.1, -0.05) is 30.3 Å². The first-order chi connectivity index (χ1) is 9.13. The van der Waals surface area contributed by atoms with Gasteiger partial charge in [-0.2, -0.15) is 0 Å². The van der Waals surface area contributed by atoms with Crippen molar-refractivity contribution in [1.29, 1.82) is 0 Å². The predicted octanol–water partition coefficient (Wildman–Crippen LogP) is -0.0415. The number of amides is 2. The second kappa shape index (κ2) is 8.23. The van der Waals surface area contributed by atoms with Crippen molar-refractivity contribution in [1.82, 2.24) is 16.0 Å². The highest BCUT2D eigenvalue weighted by molar-refractivity contribution is 5.86. The van der Waals surface area contributed by atoms with Crippen LogP contribution in [0.5, 0.6) is 0 Å². The van der Waals surface area contributed by atoms with Crippen molar-refractivity contribution in [2.24, 2.45) is 0 Å². The minimum absolute atomic E-state index is 0.170. The number of benzene rings is 1. The average molecular weight is 265 g/mol. The van der Waals surface area contributed by atoms with Gasteiger partial charge >= 0.3 is 0 Å². The third kappa shape index (κ3) is 5.98. The fraction of sp³-hybridized carbons (Fsp3) is 0.385. The Morgan fingerprint density at radius 3 is 2.53 bits per heavy atom. The summed E-state index contributed by atoms with van der Waals surface area (Å²) in [6, 6.07) is 9.53. The molecule has 0 saturated heterocycles. The summed E-state index contributed by atoms with van der Waals surface area (Å²) in [5.74, 6) is -0.598. The van der Waals surface area contributed by atoms with Crippen LogP contribution in [0.15, 0.2) is 30.3 Å². The average Bonchev–Trinajstić information content (AvgIpc) is 2.41. The van der Waals surface area contributed by atoms with Gasteiger partial charge in [0, 0.05) is 20.6 Å². The van der Waals surface area contributed by atoms with Gasteiger partial charge in [0.05, 0.1) is 6.73 Å². The first-order valence-electron chi connectivity index (χ1n) is 5.94. The normalized spacial score (nSPS) is 11.7. The van der Waals surface area contributed by atoms with E-state index in [-0.39, 0.29) is 18.5 Å². The number of rotatable bonds is 7. The molecule has 0 saturated carbocycles. The summed E-state index contributed by atoms with van der Waals surface area (Å²) in [6.07, 6.45) is -0.804. The maximum atomic E-state index is 11.9. The van der Waals surface area contributed by atoms with Crippen LogP contribution in [0.3, 0.4) is 0 Å². The van der Waals surface area contributed by atoms with Gasteiger partial charge in [-0.15, -0.1) is 0 Å². The summed E-state index contributed by atoms with van der Waals surface area (Å²) in [6.45, 7) is 1.93. The van der Waals surface area contributed by atoms with Gasteiger partial charge in [-0.05, 0) is 5.56 Å². The Bertz CT molecular complexity index is 409. The van der Waals surface area contributed by atoms with Crippen molar-refractivity contribution >= 4 is 11.8 Å². The third-order valence-corrected chi connectivity index (χ3v) is 2.35. The van der Waals surface area contributed by atoms with Crippen molar-refractivity contribution in [3.63, 3.8) is 0 Å². The van der Waals surface area contributed by atoms with Crippen molar-refractivity contribution in [3.05, 3.63) is 35.9 Å². The molecule has 2 amide bonds. The second-order valence-corrected chi connectivity index (χ2v) is 3.97. The van der Waals surface area contributed by atoms with E-state index in [0.29, 0.717) is 6.54 Å². The Kier molecular flexibility index (Phi) is 6.56. The first-order valence-corrected chi connectivity index (χ1v) is 5.94. The van der Waals surface area contributed by atoms with E-state index in [9.17, 15) is 9.59 Å². The molecule has 0 heterocycles. The molecular weight excluding hydrogens is 246 g/mol. The van der Waals surface area contributed by atoms with Gasteiger partial charge in [0.25, 0.3) is 5.91 Å². The number of carbonyl (C=O) groups is 2. The van der Waals surface area contributed by atoms with Crippen LogP contribution >= 0.6 is 0 Å². The van der Waals surface area contributed by atoms with Crippen molar-refractivity contribution in [2.75, 3.05) is 13.8 Å². The molecule has 0 aliphatic rings. The molecule has 6 nitrogen and oxygen atoms in total. The van der Waals surface area contributed by atoms with Crippen LogP contribution in [0.4, 0.5) is 0 Å². The molecule has 1 rings (SSSR count). The fourth-order valence-electron chi connectivity index (χ4n) is 1.47. The van der Waals surface area contributed by atoms with E-state index in [1.54, 1.807) is 0 Å². The third-order valence-electron chi connectivity index (χ3n) is 2.35. The Morgan fingerprint density at radius 1 is 1.26 bits per heavy atom. The van der Waals surface area contributed by atoms with Crippen molar-refractivity contribution in [2.45, 2.75) is 19.6 Å². The second-order valence-electron chi connectivity index (χ2n) is 3.97. The molecule has 0 aromatic heterocycles. The smallest absolute Gasteiger partial charge is 0.257 e. The van der Waals surface area contributed by atoms with E-state index in [4.69, 9.17) is 4.74 Å². The lowest BCUT2D eigenvalue weighted by Crippen LogP contribution is -2.54. The monoisotopic (exact) mass is 265 g/mol. The maximum Gasteiger partial charge on any atom is 0.257 e. The zero-order valence-electron chi connectivity index (χ0n) is 11.1. The lowest BCUT2D eigenvalue weighted by molar-refractivity contribution is -0.129. The lowest BCUT2D eigenvalue weighted by Gasteiger charge is -2.18. The SMILES string of the molecule is COCN[C@H](NC(C)=O)C(=O)NCc1ccccc1. The van der Waals surface area contributed by atoms with Crippen LogP contribution in [-0.4, -0.2) is 31.8 Å². The van der Waals surface area contributed by atoms with E-state index in [2.05, 4.69) is 16.0 Å². The van der Waals surface area contributed by atoms with E-state index in [0.717, 1.165) is 5.56 Å². The zero-order chi connectivity index (χ0) is 14.1. The highest BCUT2D eigenvalue weighted by atomic mass is 16.5. The Hall–Kier alpha value is -1.92. The topological polar surface area (TPSA) is 79.5 Å². The van der Waals surface area contributed by atoms with Gasteiger partial charge in [-0.25, -0.2) is 0 Å². The molecule has 0 spiro atoms. The highest BCUT2D eigenvalue weighted by Crippen LogP contribution is 1.97. The van der Waals surface area contributed by atoms with Gasteiger partial charge in [-0.3, -0.25) is 14.9 Å². The van der Waals surface area contributed by atoms with E-state index in [1.165, 1.54) is 14.0 Å². The van der Waals surface area contributed by atoms with E-state index < -0.39 is 6.17 Å². The van der Waals surface area contributed by atoms with Crippen LogP contribution in [-0.2, 0) is 20.9 Å². The molecule has 1 aromatic rings. The summed E-state index contributed by atoms with van der Waals surface area (Å²) < 4.78 is 4.82. The molecule has 19 heavy (non-hydrogen) atoms. The first kappa shape index (κ1) is 15.1. The molecule has 1 aromatic carbocycles. The van der Waals surface area contributed by atoms with Crippen molar-refractivity contribution < 1.29 is 14.3 Å². The molecule has 1 atom stereocenters. The highest BCUT2D eigenvalue weighted by Gasteiger charge is 2.17. The lowest BCUT2D eigenvalue weighted by atomic mass is 10.2. The molecule has 3 N–H and O–H groups in total. The standard InChI is InChI=1S/C13H19N3O3/c1-10(17)16-12(15-9-19-2)13(18)14-8-11-6-4-3-5-7-11/h3-7,12,15H,8-9H2,1-2H3,(H,14,18)(H,16,17)/t12-/m1/s1.